The lowest BCUT2D eigenvalue weighted by atomic mass is 10.1. The van der Waals surface area contributed by atoms with E-state index in [4.69, 9.17) is 27.9 Å². The van der Waals surface area contributed by atoms with Crippen LogP contribution in [0.25, 0.3) is 0 Å². The summed E-state index contributed by atoms with van der Waals surface area (Å²) < 4.78 is 5.67. The Labute approximate surface area is 132 Å². The van der Waals surface area contributed by atoms with E-state index in [-0.39, 0.29) is 5.15 Å². The number of hydrogen-bond donors (Lipinski definition) is 0. The molecule has 2 rings (SSSR count). The maximum atomic E-state index is 5.91. The van der Waals surface area contributed by atoms with Crippen molar-refractivity contribution in [3.05, 3.63) is 45.6 Å². The maximum Gasteiger partial charge on any atom is 0.222 e. The third kappa shape index (κ3) is 3.56. The normalized spacial score (nSPS) is 10.0. The van der Waals surface area contributed by atoms with E-state index in [1.165, 1.54) is 0 Å². The summed E-state index contributed by atoms with van der Waals surface area (Å²) in [5.74, 6) is 0.974. The lowest BCUT2D eigenvalue weighted by Crippen LogP contribution is -1.90. The van der Waals surface area contributed by atoms with E-state index >= 15 is 0 Å². The first kappa shape index (κ1) is 14.9. The SMILES string of the molecule is Cc1cc(Oc2cc(Cl)cc(Cl)n2)cc(C)c1N=C=S. The summed E-state index contributed by atoms with van der Waals surface area (Å²) in [6.07, 6.45) is 0. The van der Waals surface area contributed by atoms with Gasteiger partial charge in [-0.25, -0.2) is 4.98 Å². The minimum absolute atomic E-state index is 0.280. The van der Waals surface area contributed by atoms with Gasteiger partial charge in [-0.3, -0.25) is 0 Å². The highest BCUT2D eigenvalue weighted by Gasteiger charge is 2.07. The molecule has 6 heteroatoms. The van der Waals surface area contributed by atoms with Crippen LogP contribution in [0.4, 0.5) is 5.69 Å². The second kappa shape index (κ2) is 6.33. The van der Waals surface area contributed by atoms with Crippen molar-refractivity contribution < 1.29 is 4.74 Å². The fourth-order valence-electron chi connectivity index (χ4n) is 1.81. The molecule has 0 unspecified atom stereocenters. The molecule has 0 aliphatic heterocycles. The molecule has 0 N–H and O–H groups in total. The fraction of sp³-hybridized carbons (Fsp3) is 0.143. The van der Waals surface area contributed by atoms with Gasteiger partial charge in [-0.15, -0.1) is 0 Å². The van der Waals surface area contributed by atoms with Gasteiger partial charge in [0.15, 0.2) is 0 Å². The lowest BCUT2D eigenvalue weighted by molar-refractivity contribution is 0.462. The molecule has 3 nitrogen and oxygen atoms in total. The summed E-state index contributed by atoms with van der Waals surface area (Å²) in [5, 5.41) is 3.12. The van der Waals surface area contributed by atoms with Gasteiger partial charge in [0.2, 0.25) is 5.88 Å². The molecule has 0 atom stereocenters. The zero-order valence-corrected chi connectivity index (χ0v) is 13.1. The molecule has 0 radical (unpaired) electrons. The van der Waals surface area contributed by atoms with Gasteiger partial charge in [-0.05, 0) is 55.4 Å². The number of aliphatic imine (C=N–C) groups is 1. The standard InChI is InChI=1S/C14H10Cl2N2OS/c1-8-3-11(4-9(2)14(8)17-7-20)19-13-6-10(15)5-12(16)18-13/h3-6H,1-2H3. The Balaban J connectivity index is 2.37. The van der Waals surface area contributed by atoms with Crippen molar-refractivity contribution >= 4 is 46.3 Å². The van der Waals surface area contributed by atoms with E-state index in [2.05, 4.69) is 27.4 Å². The molecule has 0 bridgehead atoms. The molecule has 1 aromatic heterocycles. The Kier molecular flexibility index (Phi) is 4.73. The van der Waals surface area contributed by atoms with Crippen LogP contribution in [0.3, 0.4) is 0 Å². The van der Waals surface area contributed by atoms with Gasteiger partial charge in [-0.2, -0.15) is 4.99 Å². The molecule has 0 aliphatic rings. The second-order valence-corrected chi connectivity index (χ2v) is 5.16. The molecule has 2 aromatic rings. The molecule has 0 aliphatic carbocycles. The second-order valence-electron chi connectivity index (χ2n) is 4.16. The molecular weight excluding hydrogens is 315 g/mol. The van der Waals surface area contributed by atoms with Crippen molar-refractivity contribution in [1.82, 2.24) is 4.98 Å². The quantitative estimate of drug-likeness (QED) is 0.423. The fourth-order valence-corrected chi connectivity index (χ4v) is 2.36. The largest absolute Gasteiger partial charge is 0.439 e. The van der Waals surface area contributed by atoms with E-state index in [0.717, 1.165) is 16.8 Å². The van der Waals surface area contributed by atoms with E-state index in [1.54, 1.807) is 12.1 Å². The molecule has 0 amide bonds. The number of hydrogen-bond acceptors (Lipinski definition) is 4. The summed E-state index contributed by atoms with van der Waals surface area (Å²) in [5.41, 5.74) is 2.67. The molecule has 102 valence electrons. The topological polar surface area (TPSA) is 34.5 Å². The molecule has 0 saturated heterocycles. The number of nitrogens with zero attached hydrogens (tertiary/aromatic N) is 2. The third-order valence-corrected chi connectivity index (χ3v) is 3.08. The summed E-state index contributed by atoms with van der Waals surface area (Å²) in [6.45, 7) is 3.84. The van der Waals surface area contributed by atoms with Crippen molar-refractivity contribution in [2.45, 2.75) is 13.8 Å². The van der Waals surface area contributed by atoms with Crippen molar-refractivity contribution in [2.24, 2.45) is 4.99 Å². The van der Waals surface area contributed by atoms with Crippen LogP contribution < -0.4 is 4.74 Å². The van der Waals surface area contributed by atoms with Crippen LogP contribution >= 0.6 is 35.4 Å². The van der Waals surface area contributed by atoms with Crippen LogP contribution in [0.1, 0.15) is 11.1 Å². The summed E-state index contributed by atoms with van der Waals surface area (Å²) in [6, 6.07) is 6.83. The van der Waals surface area contributed by atoms with E-state index < -0.39 is 0 Å². The number of benzene rings is 1. The van der Waals surface area contributed by atoms with Gasteiger partial charge in [0.05, 0.1) is 10.8 Å². The number of aromatic nitrogens is 1. The Morgan fingerprint density at radius 2 is 1.80 bits per heavy atom. The van der Waals surface area contributed by atoms with Crippen LogP contribution in [-0.2, 0) is 0 Å². The minimum atomic E-state index is 0.280. The molecule has 0 spiro atoms. The van der Waals surface area contributed by atoms with Crippen LogP contribution in [0.15, 0.2) is 29.3 Å². The molecule has 1 aromatic carbocycles. The Hall–Kier alpha value is -1.45. The van der Waals surface area contributed by atoms with Gasteiger partial charge < -0.3 is 4.74 Å². The number of halogens is 2. The Bertz CT molecular complexity index is 669. The van der Waals surface area contributed by atoms with E-state index in [1.807, 2.05) is 26.0 Å². The maximum absolute atomic E-state index is 5.91. The van der Waals surface area contributed by atoms with Gasteiger partial charge >= 0.3 is 0 Å². The number of ether oxygens (including phenoxy) is 1. The molecule has 0 saturated carbocycles. The first-order valence-electron chi connectivity index (χ1n) is 5.69. The van der Waals surface area contributed by atoms with Crippen molar-refractivity contribution in [3.8, 4) is 11.6 Å². The Morgan fingerprint density at radius 1 is 1.15 bits per heavy atom. The number of thiocarbonyl (C=S) groups is 1. The minimum Gasteiger partial charge on any atom is -0.439 e. The monoisotopic (exact) mass is 324 g/mol. The summed E-state index contributed by atoms with van der Waals surface area (Å²) >= 11 is 16.4. The van der Waals surface area contributed by atoms with Crippen LogP contribution in [0.2, 0.25) is 10.2 Å². The van der Waals surface area contributed by atoms with Gasteiger partial charge in [0, 0.05) is 11.1 Å². The van der Waals surface area contributed by atoms with E-state index in [0.29, 0.717) is 16.7 Å². The smallest absolute Gasteiger partial charge is 0.222 e. The van der Waals surface area contributed by atoms with Crippen LogP contribution in [0, 0.1) is 13.8 Å². The summed E-state index contributed by atoms with van der Waals surface area (Å²) in [4.78, 5) is 8.09. The van der Waals surface area contributed by atoms with Crippen LogP contribution in [-0.4, -0.2) is 10.1 Å². The highest BCUT2D eigenvalue weighted by molar-refractivity contribution is 7.78. The number of rotatable bonds is 3. The highest BCUT2D eigenvalue weighted by Crippen LogP contribution is 2.31. The highest BCUT2D eigenvalue weighted by atomic mass is 35.5. The first-order valence-corrected chi connectivity index (χ1v) is 6.86. The summed E-state index contributed by atoms with van der Waals surface area (Å²) in [7, 11) is 0. The lowest BCUT2D eigenvalue weighted by Gasteiger charge is -2.09. The molecule has 20 heavy (non-hydrogen) atoms. The average Bonchev–Trinajstić information content (AvgIpc) is 2.32. The number of aryl methyl sites for hydroxylation is 2. The zero-order chi connectivity index (χ0) is 14.7. The third-order valence-electron chi connectivity index (χ3n) is 2.58. The van der Waals surface area contributed by atoms with Crippen molar-refractivity contribution in [2.75, 3.05) is 0 Å². The average molecular weight is 325 g/mol. The molecule has 1 heterocycles. The first-order chi connectivity index (χ1) is 9.49. The van der Waals surface area contributed by atoms with Gasteiger partial charge in [-0.1, -0.05) is 23.2 Å². The van der Waals surface area contributed by atoms with Crippen molar-refractivity contribution in [3.63, 3.8) is 0 Å². The van der Waals surface area contributed by atoms with Gasteiger partial charge in [0.1, 0.15) is 10.9 Å². The molecule has 0 fully saturated rings. The van der Waals surface area contributed by atoms with Crippen molar-refractivity contribution in [1.29, 1.82) is 0 Å². The molecular formula is C14H10Cl2N2OS. The number of isothiocyanates is 1. The van der Waals surface area contributed by atoms with E-state index in [9.17, 15) is 0 Å². The Morgan fingerprint density at radius 3 is 2.35 bits per heavy atom. The van der Waals surface area contributed by atoms with Crippen LogP contribution in [0.5, 0.6) is 11.6 Å². The number of pyridine rings is 1. The van der Waals surface area contributed by atoms with Gasteiger partial charge in [0.25, 0.3) is 0 Å². The predicted octanol–water partition coefficient (Wildman–Crippen LogP) is 5.53. The predicted molar refractivity (Wildman–Crippen MR) is 84.9 cm³/mol. The zero-order valence-electron chi connectivity index (χ0n) is 10.8.